The van der Waals surface area contributed by atoms with Crippen LogP contribution in [0, 0.1) is 5.82 Å². The Morgan fingerprint density at radius 1 is 1.16 bits per heavy atom. The van der Waals surface area contributed by atoms with Crippen LogP contribution in [0.3, 0.4) is 0 Å². The molecule has 10 heteroatoms. The summed E-state index contributed by atoms with van der Waals surface area (Å²) in [5, 5.41) is 0.702. The number of fused-ring (bicyclic) bond motifs is 1. The summed E-state index contributed by atoms with van der Waals surface area (Å²) in [5.41, 5.74) is 8.03. The van der Waals surface area contributed by atoms with Crippen molar-refractivity contribution in [3.8, 4) is 16.9 Å². The molecule has 0 aliphatic rings. The summed E-state index contributed by atoms with van der Waals surface area (Å²) in [6.45, 7) is 1.65. The minimum absolute atomic E-state index is 0.0707. The average Bonchev–Trinajstić information content (AvgIpc) is 3.17. The van der Waals surface area contributed by atoms with Crippen LogP contribution >= 0.6 is 23.2 Å². The van der Waals surface area contributed by atoms with E-state index in [4.69, 9.17) is 38.1 Å². The number of pyridine rings is 1. The molecule has 0 unspecified atom stereocenters. The largest absolute Gasteiger partial charge is 0.478 e. The van der Waals surface area contributed by atoms with E-state index in [1.165, 1.54) is 36.7 Å². The molecule has 2 heterocycles. The Balaban J connectivity index is 1.76. The minimum Gasteiger partial charge on any atom is -0.478 e. The van der Waals surface area contributed by atoms with Crippen molar-refractivity contribution in [3.05, 3.63) is 70.3 Å². The Bertz CT molecular complexity index is 1440. The van der Waals surface area contributed by atoms with Gasteiger partial charge >= 0.3 is 0 Å². The number of halogens is 3. The second-order valence-corrected chi connectivity index (χ2v) is 9.98. The van der Waals surface area contributed by atoms with Crippen LogP contribution in [0.2, 0.25) is 10.0 Å². The first-order valence-corrected chi connectivity index (χ1v) is 12.0. The highest BCUT2D eigenvalue weighted by Gasteiger charge is 2.23. The zero-order valence-electron chi connectivity index (χ0n) is 16.9. The number of benzene rings is 2. The number of ether oxygens (including phenoxy) is 1. The molecule has 2 aromatic heterocycles. The average molecular weight is 495 g/mol. The highest BCUT2D eigenvalue weighted by molar-refractivity contribution is 7.90. The number of rotatable bonds is 5. The highest BCUT2D eigenvalue weighted by Crippen LogP contribution is 2.41. The van der Waals surface area contributed by atoms with E-state index < -0.39 is 21.8 Å². The summed E-state index contributed by atoms with van der Waals surface area (Å²) >= 11 is 12.3. The smallest absolute Gasteiger partial charge is 0.205 e. The van der Waals surface area contributed by atoms with Crippen LogP contribution < -0.4 is 10.5 Å². The zero-order valence-corrected chi connectivity index (χ0v) is 19.2. The molecule has 2 aromatic carbocycles. The van der Waals surface area contributed by atoms with Gasteiger partial charge in [-0.1, -0.05) is 35.3 Å². The van der Waals surface area contributed by atoms with E-state index >= 15 is 0 Å². The van der Waals surface area contributed by atoms with Crippen molar-refractivity contribution in [2.75, 3.05) is 12.0 Å². The number of furan rings is 1. The number of sulfone groups is 1. The van der Waals surface area contributed by atoms with Gasteiger partial charge in [0.15, 0.2) is 21.2 Å². The molecule has 0 spiro atoms. The van der Waals surface area contributed by atoms with Gasteiger partial charge in [-0.05, 0) is 36.8 Å². The maximum absolute atomic E-state index is 13.9. The van der Waals surface area contributed by atoms with E-state index in [0.717, 1.165) is 11.8 Å². The van der Waals surface area contributed by atoms with Gasteiger partial charge in [0.25, 0.3) is 0 Å². The van der Waals surface area contributed by atoms with Crippen LogP contribution in [-0.2, 0) is 9.84 Å². The molecule has 166 valence electrons. The molecule has 4 aromatic rings. The normalized spacial score (nSPS) is 12.8. The lowest BCUT2D eigenvalue weighted by atomic mass is 10.1. The van der Waals surface area contributed by atoms with E-state index in [-0.39, 0.29) is 32.1 Å². The third-order valence-corrected chi connectivity index (χ3v) is 6.82. The van der Waals surface area contributed by atoms with Crippen LogP contribution in [0.15, 0.2) is 58.2 Å². The molecule has 32 heavy (non-hydrogen) atoms. The Kier molecular flexibility index (Phi) is 5.79. The fourth-order valence-corrected chi connectivity index (χ4v) is 4.66. The number of nitrogens with zero attached hydrogens (tertiary/aromatic N) is 1. The van der Waals surface area contributed by atoms with Crippen LogP contribution in [0.1, 0.15) is 18.6 Å². The van der Waals surface area contributed by atoms with Crippen molar-refractivity contribution in [2.24, 2.45) is 0 Å². The summed E-state index contributed by atoms with van der Waals surface area (Å²) < 4.78 is 49.1. The Morgan fingerprint density at radius 2 is 1.84 bits per heavy atom. The lowest BCUT2D eigenvalue weighted by molar-refractivity contribution is 0.227. The first kappa shape index (κ1) is 22.4. The number of nitrogen functional groups attached to an aromatic ring is 1. The number of aromatic nitrogens is 1. The van der Waals surface area contributed by atoms with Crippen molar-refractivity contribution in [2.45, 2.75) is 17.9 Å². The lowest BCUT2D eigenvalue weighted by Crippen LogP contribution is -2.08. The number of hydrogen-bond donors (Lipinski definition) is 1. The van der Waals surface area contributed by atoms with Gasteiger partial charge in [0, 0.05) is 28.6 Å². The molecule has 4 rings (SSSR count). The lowest BCUT2D eigenvalue weighted by Gasteiger charge is -2.18. The van der Waals surface area contributed by atoms with Gasteiger partial charge in [-0.3, -0.25) is 0 Å². The highest BCUT2D eigenvalue weighted by atomic mass is 35.5. The fraction of sp³-hybridized carbons (Fsp3) is 0.136. The SMILES string of the molecule is C[C@@H](Oc1c(N)ncc2c(-c3ccc(S(C)(=O)=O)cc3)coc12)c1c(Cl)ccc(F)c1Cl. The van der Waals surface area contributed by atoms with E-state index in [0.29, 0.717) is 16.5 Å². The molecule has 0 bridgehead atoms. The third-order valence-electron chi connectivity index (χ3n) is 4.98. The van der Waals surface area contributed by atoms with Crippen molar-refractivity contribution >= 4 is 49.8 Å². The standard InChI is InChI=1S/C22H17Cl2FN2O4S/c1-11(18-16(23)7-8-17(25)19(18)24)31-21-20-14(9-27-22(21)26)15(10-30-20)12-3-5-13(6-4-12)32(2,28)29/h3-11H,1-2H3,(H2,26,27)/t11-/m1/s1. The number of hydrogen-bond acceptors (Lipinski definition) is 6. The molecule has 2 N–H and O–H groups in total. The molecule has 0 amide bonds. The molecular formula is C22H17Cl2FN2O4S. The second-order valence-electron chi connectivity index (χ2n) is 7.18. The summed E-state index contributed by atoms with van der Waals surface area (Å²) in [4.78, 5) is 4.40. The molecule has 0 radical (unpaired) electrons. The van der Waals surface area contributed by atoms with Crippen molar-refractivity contribution in [3.63, 3.8) is 0 Å². The van der Waals surface area contributed by atoms with Crippen LogP contribution in [-0.4, -0.2) is 19.7 Å². The Labute approximate surface area is 193 Å². The van der Waals surface area contributed by atoms with Gasteiger partial charge in [0.05, 0.1) is 21.6 Å². The quantitative estimate of drug-likeness (QED) is 0.338. The van der Waals surface area contributed by atoms with Gasteiger partial charge in [-0.25, -0.2) is 17.8 Å². The van der Waals surface area contributed by atoms with Gasteiger partial charge in [0.1, 0.15) is 11.9 Å². The molecular weight excluding hydrogens is 478 g/mol. The second kappa shape index (κ2) is 8.27. The first-order chi connectivity index (χ1) is 15.1. The predicted octanol–water partition coefficient (Wildman–Crippen LogP) is 6.07. The van der Waals surface area contributed by atoms with Gasteiger partial charge in [-0.2, -0.15) is 0 Å². The van der Waals surface area contributed by atoms with Crippen LogP contribution in [0.4, 0.5) is 10.2 Å². The summed E-state index contributed by atoms with van der Waals surface area (Å²) in [5.74, 6) is -0.393. The fourth-order valence-electron chi connectivity index (χ4n) is 3.35. The van der Waals surface area contributed by atoms with Crippen molar-refractivity contribution in [1.29, 1.82) is 0 Å². The monoisotopic (exact) mass is 494 g/mol. The molecule has 1 atom stereocenters. The topological polar surface area (TPSA) is 95.4 Å². The predicted molar refractivity (Wildman–Crippen MR) is 122 cm³/mol. The van der Waals surface area contributed by atoms with Crippen molar-refractivity contribution < 1.29 is 22.0 Å². The molecule has 6 nitrogen and oxygen atoms in total. The summed E-state index contributed by atoms with van der Waals surface area (Å²) in [7, 11) is -3.31. The maximum atomic E-state index is 13.9. The van der Waals surface area contributed by atoms with Crippen LogP contribution in [0.25, 0.3) is 22.1 Å². The van der Waals surface area contributed by atoms with E-state index in [2.05, 4.69) is 4.98 Å². The van der Waals surface area contributed by atoms with Gasteiger partial charge < -0.3 is 14.9 Å². The van der Waals surface area contributed by atoms with Crippen LogP contribution in [0.5, 0.6) is 5.75 Å². The Morgan fingerprint density at radius 3 is 2.50 bits per heavy atom. The number of nitrogens with two attached hydrogens (primary N) is 1. The molecule has 0 saturated carbocycles. The van der Waals surface area contributed by atoms with Gasteiger partial charge in [-0.15, -0.1) is 0 Å². The molecule has 0 aliphatic heterocycles. The maximum Gasteiger partial charge on any atom is 0.205 e. The Hall–Kier alpha value is -2.81. The summed E-state index contributed by atoms with van der Waals surface area (Å²) in [6, 6.07) is 8.94. The van der Waals surface area contributed by atoms with Gasteiger partial charge in [0.2, 0.25) is 5.75 Å². The zero-order chi connectivity index (χ0) is 23.2. The third kappa shape index (κ3) is 4.01. The minimum atomic E-state index is -3.31. The van der Waals surface area contributed by atoms with E-state index in [1.54, 1.807) is 19.1 Å². The first-order valence-electron chi connectivity index (χ1n) is 9.34. The summed E-state index contributed by atoms with van der Waals surface area (Å²) in [6.07, 6.45) is 3.42. The van der Waals surface area contributed by atoms with Crippen molar-refractivity contribution in [1.82, 2.24) is 4.98 Å². The van der Waals surface area contributed by atoms with E-state index in [1.807, 2.05) is 0 Å². The molecule has 0 fully saturated rings. The molecule has 0 saturated heterocycles. The van der Waals surface area contributed by atoms with E-state index in [9.17, 15) is 12.8 Å². The number of anilines is 1. The molecule has 0 aliphatic carbocycles.